The van der Waals surface area contributed by atoms with Crippen LogP contribution in [0.25, 0.3) is 0 Å². The van der Waals surface area contributed by atoms with Gasteiger partial charge < -0.3 is 30.1 Å². The highest BCUT2D eigenvalue weighted by Gasteiger charge is 2.79. The number of hydrogen-bond donors (Lipinski definition) is 3. The second-order valence-electron chi connectivity index (χ2n) is 11.6. The number of nitrogens with one attached hydrogen (secondary N) is 2. The second-order valence-corrected chi connectivity index (χ2v) is 11.6. The normalized spacial score (nSPS) is 28.9. The highest BCUT2D eigenvalue weighted by Crippen LogP contribution is 2.64. The molecule has 220 valence electrons. The number of aliphatic hydroxyl groups is 1. The number of likely N-dealkylation sites (tertiary alicyclic amines) is 1. The molecule has 1 spiro atoms. The molecule has 0 saturated carbocycles. The van der Waals surface area contributed by atoms with Gasteiger partial charge in [-0.05, 0) is 87.9 Å². The molecule has 3 N–H and O–H groups in total. The summed E-state index contributed by atoms with van der Waals surface area (Å²) < 4.78 is 12.3. The van der Waals surface area contributed by atoms with E-state index in [1.165, 1.54) is 4.90 Å². The molecule has 3 aliphatic heterocycles. The van der Waals surface area contributed by atoms with E-state index in [1.807, 2.05) is 52.8 Å². The summed E-state index contributed by atoms with van der Waals surface area (Å²) in [5.74, 6) is -1.89. The predicted molar refractivity (Wildman–Crippen MR) is 156 cm³/mol. The van der Waals surface area contributed by atoms with Crippen LogP contribution in [0.4, 0.5) is 11.4 Å². The fraction of sp³-hybridized carbons (Fsp3) is 0.531. The molecule has 0 radical (unpaired) electrons. The van der Waals surface area contributed by atoms with Gasteiger partial charge in [0.25, 0.3) is 0 Å². The van der Waals surface area contributed by atoms with E-state index in [0.717, 1.165) is 11.1 Å². The van der Waals surface area contributed by atoms with Crippen LogP contribution in [-0.2, 0) is 19.1 Å². The zero-order valence-electron chi connectivity index (χ0n) is 24.5. The third kappa shape index (κ3) is 4.69. The van der Waals surface area contributed by atoms with Crippen molar-refractivity contribution in [2.45, 2.75) is 83.6 Å². The van der Waals surface area contributed by atoms with Crippen molar-refractivity contribution in [2.24, 2.45) is 11.8 Å². The summed E-state index contributed by atoms with van der Waals surface area (Å²) in [6.45, 7) is 9.87. The molecule has 3 amide bonds. The molecule has 0 aromatic heterocycles. The lowest BCUT2D eigenvalue weighted by molar-refractivity contribution is -0.148. The van der Waals surface area contributed by atoms with Gasteiger partial charge in [0.15, 0.2) is 0 Å². The quantitative estimate of drug-likeness (QED) is 0.399. The SMILES string of the molecule is CCOc1ccc(NC(=O)[C@H]2[C@H]3C(=O)N([C@@H](CC)CO)C(C(=O)Nc4cc(C)ccc4C)C34CC[C@]2(CC)O4)cc1. The van der Waals surface area contributed by atoms with Crippen LogP contribution in [0.15, 0.2) is 42.5 Å². The number of aryl methyl sites for hydroxylation is 2. The van der Waals surface area contributed by atoms with Crippen molar-refractivity contribution < 1.29 is 29.0 Å². The third-order valence-electron chi connectivity index (χ3n) is 9.31. The van der Waals surface area contributed by atoms with E-state index in [1.54, 1.807) is 24.3 Å². The van der Waals surface area contributed by atoms with Crippen molar-refractivity contribution >= 4 is 29.1 Å². The number of rotatable bonds is 10. The zero-order chi connectivity index (χ0) is 29.5. The number of carbonyl (C=O) groups excluding carboxylic acids is 3. The Morgan fingerprint density at radius 3 is 2.44 bits per heavy atom. The number of benzene rings is 2. The highest BCUT2D eigenvalue weighted by molar-refractivity contribution is 6.05. The zero-order valence-corrected chi connectivity index (χ0v) is 24.5. The molecule has 3 aliphatic rings. The van der Waals surface area contributed by atoms with Crippen LogP contribution >= 0.6 is 0 Å². The summed E-state index contributed by atoms with van der Waals surface area (Å²) in [5.41, 5.74) is 1.13. The van der Waals surface area contributed by atoms with Crippen molar-refractivity contribution in [2.75, 3.05) is 23.8 Å². The number of fused-ring (bicyclic) bond motifs is 1. The molecule has 41 heavy (non-hydrogen) atoms. The minimum Gasteiger partial charge on any atom is -0.494 e. The minimum atomic E-state index is -1.17. The smallest absolute Gasteiger partial charge is 0.250 e. The van der Waals surface area contributed by atoms with Gasteiger partial charge in [-0.1, -0.05) is 26.0 Å². The fourth-order valence-electron chi connectivity index (χ4n) is 7.25. The molecule has 2 unspecified atom stereocenters. The summed E-state index contributed by atoms with van der Waals surface area (Å²) in [6.07, 6.45) is 2.03. The van der Waals surface area contributed by atoms with Crippen LogP contribution in [-0.4, -0.2) is 64.2 Å². The Morgan fingerprint density at radius 1 is 1.07 bits per heavy atom. The lowest BCUT2D eigenvalue weighted by Gasteiger charge is -2.37. The van der Waals surface area contributed by atoms with Gasteiger partial charge >= 0.3 is 0 Å². The average molecular weight is 564 g/mol. The van der Waals surface area contributed by atoms with Gasteiger partial charge in [0.2, 0.25) is 17.7 Å². The van der Waals surface area contributed by atoms with Crippen molar-refractivity contribution in [3.8, 4) is 5.75 Å². The molecule has 3 heterocycles. The molecule has 2 bridgehead atoms. The van der Waals surface area contributed by atoms with Gasteiger partial charge in [-0.2, -0.15) is 0 Å². The molecule has 2 aromatic carbocycles. The first-order chi connectivity index (χ1) is 19.6. The molecular weight excluding hydrogens is 522 g/mol. The van der Waals surface area contributed by atoms with Gasteiger partial charge in [0.05, 0.1) is 36.7 Å². The number of hydrogen-bond acceptors (Lipinski definition) is 6. The Bertz CT molecular complexity index is 1330. The van der Waals surface area contributed by atoms with Gasteiger partial charge in [-0.15, -0.1) is 0 Å². The second kappa shape index (κ2) is 11.1. The van der Waals surface area contributed by atoms with E-state index >= 15 is 0 Å². The number of amides is 3. The van der Waals surface area contributed by atoms with Crippen LogP contribution in [0.5, 0.6) is 5.75 Å². The summed E-state index contributed by atoms with van der Waals surface area (Å²) in [6, 6.07) is 11.4. The first kappa shape index (κ1) is 29.1. The topological polar surface area (TPSA) is 117 Å². The van der Waals surface area contributed by atoms with Gasteiger partial charge in [0, 0.05) is 11.4 Å². The summed E-state index contributed by atoms with van der Waals surface area (Å²) in [5, 5.41) is 16.3. The van der Waals surface area contributed by atoms with Gasteiger partial charge in [0.1, 0.15) is 17.4 Å². The largest absolute Gasteiger partial charge is 0.494 e. The molecule has 2 aromatic rings. The monoisotopic (exact) mass is 563 g/mol. The first-order valence-electron chi connectivity index (χ1n) is 14.7. The van der Waals surface area contributed by atoms with Crippen LogP contribution in [0.2, 0.25) is 0 Å². The summed E-state index contributed by atoms with van der Waals surface area (Å²) >= 11 is 0. The molecule has 9 heteroatoms. The van der Waals surface area contributed by atoms with Crippen molar-refractivity contribution in [1.29, 1.82) is 0 Å². The van der Waals surface area contributed by atoms with Crippen LogP contribution < -0.4 is 15.4 Å². The first-order valence-corrected chi connectivity index (χ1v) is 14.7. The molecule has 6 atom stereocenters. The molecule has 0 aliphatic carbocycles. The van der Waals surface area contributed by atoms with Crippen molar-refractivity contribution in [1.82, 2.24) is 4.90 Å². The van der Waals surface area contributed by atoms with Gasteiger partial charge in [-0.25, -0.2) is 0 Å². The number of anilines is 2. The van der Waals surface area contributed by atoms with E-state index in [-0.39, 0.29) is 24.3 Å². The maximum atomic E-state index is 14.3. The Morgan fingerprint density at radius 2 is 1.80 bits per heavy atom. The third-order valence-corrected chi connectivity index (χ3v) is 9.31. The number of carbonyl (C=O) groups is 3. The molecule has 3 fully saturated rings. The van der Waals surface area contributed by atoms with E-state index < -0.39 is 35.1 Å². The Balaban J connectivity index is 1.52. The van der Waals surface area contributed by atoms with Crippen LogP contribution in [0.3, 0.4) is 0 Å². The lowest BCUT2D eigenvalue weighted by Crippen LogP contribution is -2.56. The van der Waals surface area contributed by atoms with Gasteiger partial charge in [-0.3, -0.25) is 14.4 Å². The Hall–Kier alpha value is -3.43. The van der Waals surface area contributed by atoms with E-state index in [4.69, 9.17) is 9.47 Å². The maximum absolute atomic E-state index is 14.3. The molecule has 3 saturated heterocycles. The van der Waals surface area contributed by atoms with Crippen molar-refractivity contribution in [3.63, 3.8) is 0 Å². The molecule has 9 nitrogen and oxygen atoms in total. The standard InChI is InChI=1S/C32H41N3O6/c1-6-22(18-36)35-27(29(38)34-24-17-19(4)9-10-20(24)5)32-16-15-31(7-2,41-32)25(26(32)30(35)39)28(37)33-21-11-13-23(14-12-21)40-8-3/h9-14,17,22,25-27,36H,6-8,15-16,18H2,1-5H3,(H,33,37)(H,34,38)/t22-,25+,26-,27?,31-,32?/m0/s1. The van der Waals surface area contributed by atoms with Crippen molar-refractivity contribution in [3.05, 3.63) is 53.6 Å². The maximum Gasteiger partial charge on any atom is 0.250 e. The number of ether oxygens (including phenoxy) is 2. The number of nitrogens with zero attached hydrogens (tertiary/aromatic N) is 1. The summed E-state index contributed by atoms with van der Waals surface area (Å²) in [4.78, 5) is 44.0. The van der Waals surface area contributed by atoms with E-state index in [0.29, 0.717) is 49.4 Å². The van der Waals surface area contributed by atoms with E-state index in [9.17, 15) is 19.5 Å². The Labute approximate surface area is 241 Å². The number of aliphatic hydroxyl groups excluding tert-OH is 1. The minimum absolute atomic E-state index is 0.291. The Kier molecular flexibility index (Phi) is 7.87. The lowest BCUT2D eigenvalue weighted by atomic mass is 9.65. The highest BCUT2D eigenvalue weighted by atomic mass is 16.5. The molecular formula is C32H41N3O6. The van der Waals surface area contributed by atoms with E-state index in [2.05, 4.69) is 10.6 Å². The predicted octanol–water partition coefficient (Wildman–Crippen LogP) is 4.21. The average Bonchev–Trinajstić information content (AvgIpc) is 3.56. The van der Waals surface area contributed by atoms with Crippen LogP contribution in [0.1, 0.15) is 57.6 Å². The van der Waals surface area contributed by atoms with Crippen LogP contribution in [0, 0.1) is 25.7 Å². The molecule has 5 rings (SSSR count). The summed E-state index contributed by atoms with van der Waals surface area (Å²) in [7, 11) is 0. The fourth-order valence-corrected chi connectivity index (χ4v) is 7.25.